The van der Waals surface area contributed by atoms with Crippen molar-refractivity contribution in [1.29, 1.82) is 0 Å². The number of nitrogens with one attached hydrogen (secondary N) is 2. The zero-order valence-electron chi connectivity index (χ0n) is 18.9. The molecule has 8 N–H and O–H groups in total. The highest BCUT2D eigenvalue weighted by molar-refractivity contribution is 5.94. The Morgan fingerprint density at radius 1 is 1.06 bits per heavy atom. The second kappa shape index (κ2) is 12.7. The number of nitrogens with two attached hydrogens (primary N) is 1. The predicted molar refractivity (Wildman–Crippen MR) is 120 cm³/mol. The monoisotopic (exact) mass is 494 g/mol. The van der Waals surface area contributed by atoms with Gasteiger partial charge in [0.05, 0.1) is 12.6 Å². The molecule has 4 unspecified atom stereocenters. The van der Waals surface area contributed by atoms with Crippen molar-refractivity contribution >= 4 is 29.7 Å². The number of carbonyl (C=O) groups is 5. The number of likely N-dealkylation sites (tertiary alicyclic amines) is 1. The van der Waals surface area contributed by atoms with E-state index >= 15 is 0 Å². The minimum Gasteiger partial charge on any atom is -0.508 e. The molecular formula is C22H30N4O9. The maximum Gasteiger partial charge on any atom is 0.328 e. The Balaban J connectivity index is 2.11. The molecule has 4 atom stereocenters. The van der Waals surface area contributed by atoms with E-state index in [-0.39, 0.29) is 31.6 Å². The van der Waals surface area contributed by atoms with E-state index in [1.54, 1.807) is 12.1 Å². The number of nitrogens with zero attached hydrogens (tertiary/aromatic N) is 1. The quantitative estimate of drug-likeness (QED) is 0.172. The summed E-state index contributed by atoms with van der Waals surface area (Å²) in [5.41, 5.74) is 6.62. The standard InChI is InChI=1S/C22H30N4O9/c23-14(10-12-3-5-13(28)6-4-12)19(31)24-15(7-8-18(29)30)21(33)26-9-1-2-17(26)20(32)25-16(11-27)22(34)35/h3-6,14-17,27-28H,1-2,7-11,23H2,(H,24,31)(H,25,32)(H,29,30)(H,34,35). The summed E-state index contributed by atoms with van der Waals surface area (Å²) in [6, 6.07) is 1.11. The molecule has 2 rings (SSSR count). The van der Waals surface area contributed by atoms with Crippen LogP contribution in [0.25, 0.3) is 0 Å². The summed E-state index contributed by atoms with van der Waals surface area (Å²) < 4.78 is 0. The lowest BCUT2D eigenvalue weighted by molar-refractivity contribution is -0.145. The Morgan fingerprint density at radius 2 is 1.71 bits per heavy atom. The number of rotatable bonds is 12. The number of aliphatic hydroxyl groups excluding tert-OH is 1. The molecule has 1 aromatic rings. The van der Waals surface area contributed by atoms with E-state index in [1.807, 2.05) is 0 Å². The van der Waals surface area contributed by atoms with Gasteiger partial charge in [-0.25, -0.2) is 4.79 Å². The summed E-state index contributed by atoms with van der Waals surface area (Å²) in [5.74, 6) is -4.74. The fourth-order valence-electron chi connectivity index (χ4n) is 3.74. The molecule has 192 valence electrons. The Labute approximate surface area is 200 Å². The molecule has 0 saturated carbocycles. The normalized spacial score (nSPS) is 17.8. The number of hydrogen-bond donors (Lipinski definition) is 7. The summed E-state index contributed by atoms with van der Waals surface area (Å²) >= 11 is 0. The number of aliphatic carboxylic acids is 2. The molecule has 1 aliphatic rings. The number of carbonyl (C=O) groups excluding carboxylic acids is 3. The minimum absolute atomic E-state index is 0.0453. The van der Waals surface area contributed by atoms with Crippen molar-refractivity contribution in [3.8, 4) is 5.75 Å². The van der Waals surface area contributed by atoms with Crippen LogP contribution in [0.2, 0.25) is 0 Å². The van der Waals surface area contributed by atoms with E-state index in [9.17, 15) is 29.1 Å². The summed E-state index contributed by atoms with van der Waals surface area (Å²) in [7, 11) is 0. The van der Waals surface area contributed by atoms with Crippen LogP contribution in [0, 0.1) is 0 Å². The summed E-state index contributed by atoms with van der Waals surface area (Å²) in [4.78, 5) is 61.9. The van der Waals surface area contributed by atoms with Crippen LogP contribution >= 0.6 is 0 Å². The van der Waals surface area contributed by atoms with Crippen molar-refractivity contribution in [2.45, 2.75) is 56.3 Å². The van der Waals surface area contributed by atoms with Gasteiger partial charge in [-0.3, -0.25) is 19.2 Å². The van der Waals surface area contributed by atoms with Crippen LogP contribution < -0.4 is 16.4 Å². The number of carboxylic acid groups (broad SMARTS) is 2. The van der Waals surface area contributed by atoms with Gasteiger partial charge in [0.2, 0.25) is 17.7 Å². The van der Waals surface area contributed by atoms with Crippen LogP contribution in [0.15, 0.2) is 24.3 Å². The van der Waals surface area contributed by atoms with Gasteiger partial charge >= 0.3 is 11.9 Å². The van der Waals surface area contributed by atoms with E-state index in [0.29, 0.717) is 12.0 Å². The van der Waals surface area contributed by atoms with Gasteiger partial charge in [0.1, 0.15) is 23.9 Å². The van der Waals surface area contributed by atoms with Gasteiger partial charge in [0.15, 0.2) is 0 Å². The summed E-state index contributed by atoms with van der Waals surface area (Å²) in [6.45, 7) is -0.690. The lowest BCUT2D eigenvalue weighted by atomic mass is 10.0. The van der Waals surface area contributed by atoms with Crippen LogP contribution in [-0.2, 0) is 30.4 Å². The van der Waals surface area contributed by atoms with Crippen LogP contribution in [0.5, 0.6) is 5.75 Å². The number of phenolic OH excluding ortho intramolecular Hbond substituents is 1. The molecule has 13 nitrogen and oxygen atoms in total. The van der Waals surface area contributed by atoms with Gasteiger partial charge in [-0.05, 0) is 43.4 Å². The second-order valence-corrected chi connectivity index (χ2v) is 8.24. The first-order valence-corrected chi connectivity index (χ1v) is 11.0. The van der Waals surface area contributed by atoms with Gasteiger partial charge in [0, 0.05) is 13.0 Å². The van der Waals surface area contributed by atoms with E-state index in [1.165, 1.54) is 17.0 Å². The summed E-state index contributed by atoms with van der Waals surface area (Å²) in [6.07, 6.45) is 0.0830. The van der Waals surface area contributed by atoms with Gasteiger partial charge in [-0.1, -0.05) is 12.1 Å². The SMILES string of the molecule is NC(Cc1ccc(O)cc1)C(=O)NC(CCC(=O)O)C(=O)N1CCCC1C(=O)NC(CO)C(=O)O. The number of phenols is 1. The molecule has 3 amide bonds. The van der Waals surface area contributed by atoms with Gasteiger partial charge in [-0.15, -0.1) is 0 Å². The minimum atomic E-state index is -1.54. The number of hydrogen-bond acceptors (Lipinski definition) is 8. The molecule has 1 heterocycles. The maximum atomic E-state index is 13.2. The van der Waals surface area contributed by atoms with E-state index in [0.717, 1.165) is 0 Å². The topological polar surface area (TPSA) is 220 Å². The predicted octanol–water partition coefficient (Wildman–Crippen LogP) is -1.84. The highest BCUT2D eigenvalue weighted by Crippen LogP contribution is 2.20. The maximum absolute atomic E-state index is 13.2. The molecule has 13 heteroatoms. The molecule has 0 aromatic heterocycles. The molecule has 1 aromatic carbocycles. The van der Waals surface area contributed by atoms with Crippen molar-refractivity contribution in [3.63, 3.8) is 0 Å². The number of amides is 3. The lowest BCUT2D eigenvalue weighted by Gasteiger charge is -2.29. The largest absolute Gasteiger partial charge is 0.508 e. The molecule has 1 saturated heterocycles. The smallest absolute Gasteiger partial charge is 0.328 e. The molecule has 1 fully saturated rings. The number of carboxylic acids is 2. The fourth-order valence-corrected chi connectivity index (χ4v) is 3.74. The van der Waals surface area contributed by atoms with E-state index in [4.69, 9.17) is 21.1 Å². The van der Waals surface area contributed by atoms with E-state index in [2.05, 4.69) is 10.6 Å². The van der Waals surface area contributed by atoms with Gasteiger partial charge < -0.3 is 41.7 Å². The first-order chi connectivity index (χ1) is 16.5. The zero-order chi connectivity index (χ0) is 26.1. The molecule has 0 radical (unpaired) electrons. The summed E-state index contributed by atoms with van der Waals surface area (Å²) in [5, 5.41) is 41.3. The molecule has 0 bridgehead atoms. The van der Waals surface area contributed by atoms with Gasteiger partial charge in [0.25, 0.3) is 0 Å². The molecule has 35 heavy (non-hydrogen) atoms. The van der Waals surface area contributed by atoms with Crippen molar-refractivity contribution < 1.29 is 44.4 Å². The van der Waals surface area contributed by atoms with Crippen molar-refractivity contribution in [2.24, 2.45) is 5.73 Å². The van der Waals surface area contributed by atoms with Crippen LogP contribution in [0.1, 0.15) is 31.2 Å². The number of aromatic hydroxyl groups is 1. The fraction of sp³-hybridized carbons (Fsp3) is 0.500. The zero-order valence-corrected chi connectivity index (χ0v) is 18.9. The molecule has 0 spiro atoms. The first-order valence-electron chi connectivity index (χ1n) is 11.0. The average molecular weight is 495 g/mol. The van der Waals surface area contributed by atoms with E-state index < -0.39 is 66.9 Å². The third kappa shape index (κ3) is 7.93. The first kappa shape index (κ1) is 27.5. The molecular weight excluding hydrogens is 464 g/mol. The Morgan fingerprint density at radius 3 is 2.29 bits per heavy atom. The van der Waals surface area contributed by atoms with Crippen molar-refractivity contribution in [1.82, 2.24) is 15.5 Å². The number of benzene rings is 1. The molecule has 1 aliphatic heterocycles. The number of aliphatic hydroxyl groups is 1. The second-order valence-electron chi connectivity index (χ2n) is 8.24. The van der Waals surface area contributed by atoms with Crippen LogP contribution in [0.3, 0.4) is 0 Å². The van der Waals surface area contributed by atoms with Crippen molar-refractivity contribution in [3.05, 3.63) is 29.8 Å². The Bertz CT molecular complexity index is 937. The highest BCUT2D eigenvalue weighted by atomic mass is 16.4. The highest BCUT2D eigenvalue weighted by Gasteiger charge is 2.39. The van der Waals surface area contributed by atoms with Crippen LogP contribution in [-0.4, -0.2) is 92.3 Å². The third-order valence-electron chi connectivity index (χ3n) is 5.63. The van der Waals surface area contributed by atoms with Crippen molar-refractivity contribution in [2.75, 3.05) is 13.2 Å². The third-order valence-corrected chi connectivity index (χ3v) is 5.63. The van der Waals surface area contributed by atoms with Crippen LogP contribution in [0.4, 0.5) is 0 Å². The Hall–Kier alpha value is -3.71. The van der Waals surface area contributed by atoms with Gasteiger partial charge in [-0.2, -0.15) is 0 Å². The Kier molecular flexibility index (Phi) is 9.97. The lowest BCUT2D eigenvalue weighted by Crippen LogP contribution is -2.57. The molecule has 0 aliphatic carbocycles. The average Bonchev–Trinajstić information content (AvgIpc) is 3.30.